The number of thioether (sulfide) groups is 1. The second-order valence-corrected chi connectivity index (χ2v) is 9.96. The molecule has 0 bridgehead atoms. The second-order valence-electron chi connectivity index (χ2n) is 8.66. The van der Waals surface area contributed by atoms with Crippen molar-refractivity contribution in [3.63, 3.8) is 0 Å². The van der Waals surface area contributed by atoms with Gasteiger partial charge >= 0.3 is 0 Å². The van der Waals surface area contributed by atoms with Crippen LogP contribution in [0.3, 0.4) is 0 Å². The number of nitrogens with zero attached hydrogens (tertiary/aromatic N) is 4. The van der Waals surface area contributed by atoms with Crippen molar-refractivity contribution < 1.29 is 4.79 Å². The highest BCUT2D eigenvalue weighted by molar-refractivity contribution is 8.00. The minimum Gasteiger partial charge on any atom is -0.355 e. The lowest BCUT2D eigenvalue weighted by Crippen LogP contribution is -2.35. The van der Waals surface area contributed by atoms with Crippen LogP contribution in [-0.4, -0.2) is 37.5 Å². The highest BCUT2D eigenvalue weighted by Crippen LogP contribution is 2.31. The summed E-state index contributed by atoms with van der Waals surface area (Å²) >= 11 is 1.45. The van der Waals surface area contributed by atoms with Crippen molar-refractivity contribution in [2.24, 2.45) is 5.92 Å². The summed E-state index contributed by atoms with van der Waals surface area (Å²) in [4.78, 5) is 16.9. The van der Waals surface area contributed by atoms with E-state index in [4.69, 9.17) is 0 Å². The Morgan fingerprint density at radius 3 is 2.56 bits per heavy atom. The van der Waals surface area contributed by atoms with E-state index in [1.54, 1.807) is 12.4 Å². The molecule has 7 heteroatoms. The first-order valence-corrected chi connectivity index (χ1v) is 12.3. The van der Waals surface area contributed by atoms with Crippen LogP contribution < -0.4 is 5.32 Å². The van der Waals surface area contributed by atoms with Gasteiger partial charge < -0.3 is 5.32 Å². The summed E-state index contributed by atoms with van der Waals surface area (Å²) in [6, 6.07) is 10.2. The largest absolute Gasteiger partial charge is 0.355 e. The molecule has 2 aromatic heterocycles. The van der Waals surface area contributed by atoms with Gasteiger partial charge in [0.1, 0.15) is 0 Å². The molecule has 3 aromatic rings. The van der Waals surface area contributed by atoms with Crippen LogP contribution in [0, 0.1) is 19.8 Å². The van der Waals surface area contributed by atoms with Crippen LogP contribution in [0.1, 0.15) is 50.2 Å². The number of nitrogens with one attached hydrogen (secondary N) is 1. The number of aromatic nitrogens is 4. The van der Waals surface area contributed by atoms with Gasteiger partial charge in [-0.25, -0.2) is 0 Å². The van der Waals surface area contributed by atoms with Gasteiger partial charge in [-0.1, -0.05) is 37.1 Å². The number of carbonyl (C=O) groups excluding carboxylic acids is 1. The van der Waals surface area contributed by atoms with Crippen LogP contribution in [0.25, 0.3) is 17.1 Å². The zero-order chi connectivity index (χ0) is 22.5. The van der Waals surface area contributed by atoms with Crippen LogP contribution in [-0.2, 0) is 4.79 Å². The minimum absolute atomic E-state index is 0.0562. The van der Waals surface area contributed by atoms with Gasteiger partial charge in [0.05, 0.1) is 10.9 Å². The summed E-state index contributed by atoms with van der Waals surface area (Å²) in [5.74, 6) is 1.41. The van der Waals surface area contributed by atoms with Crippen molar-refractivity contribution >= 4 is 17.7 Å². The number of rotatable bonds is 7. The van der Waals surface area contributed by atoms with Gasteiger partial charge in [-0.05, 0) is 74.9 Å². The maximum atomic E-state index is 12.8. The van der Waals surface area contributed by atoms with Crippen LogP contribution in [0.2, 0.25) is 0 Å². The Kier molecular flexibility index (Phi) is 7.25. The predicted octanol–water partition coefficient (Wildman–Crippen LogP) is 5.12. The fourth-order valence-electron chi connectivity index (χ4n) is 4.12. The molecular formula is C25H31N5OS. The molecule has 1 unspecified atom stereocenters. The lowest BCUT2D eigenvalue weighted by atomic mass is 9.89. The van der Waals surface area contributed by atoms with Crippen LogP contribution in [0.4, 0.5) is 0 Å². The molecule has 32 heavy (non-hydrogen) atoms. The maximum absolute atomic E-state index is 12.8. The Morgan fingerprint density at radius 2 is 1.84 bits per heavy atom. The zero-order valence-electron chi connectivity index (χ0n) is 19.0. The van der Waals surface area contributed by atoms with Crippen molar-refractivity contribution in [3.05, 3.63) is 53.9 Å². The average molecular weight is 450 g/mol. The molecular weight excluding hydrogens is 418 g/mol. The zero-order valence-corrected chi connectivity index (χ0v) is 19.9. The first-order valence-electron chi connectivity index (χ1n) is 11.4. The van der Waals surface area contributed by atoms with Crippen molar-refractivity contribution in [3.8, 4) is 17.1 Å². The smallest absolute Gasteiger partial charge is 0.233 e. The molecule has 0 saturated heterocycles. The Morgan fingerprint density at radius 1 is 1.09 bits per heavy atom. The Hall–Kier alpha value is -2.67. The van der Waals surface area contributed by atoms with E-state index in [1.807, 2.05) is 23.6 Å². The molecule has 2 heterocycles. The Labute approximate surface area is 194 Å². The molecule has 0 aliphatic heterocycles. The predicted molar refractivity (Wildman–Crippen MR) is 129 cm³/mol. The Bertz CT molecular complexity index is 1060. The third kappa shape index (κ3) is 5.21. The molecule has 1 amide bonds. The van der Waals surface area contributed by atoms with Gasteiger partial charge in [0.15, 0.2) is 11.0 Å². The highest BCUT2D eigenvalue weighted by Gasteiger charge is 2.23. The lowest BCUT2D eigenvalue weighted by Gasteiger charge is -2.22. The number of amides is 1. The summed E-state index contributed by atoms with van der Waals surface area (Å²) in [7, 11) is 0. The number of pyridine rings is 1. The van der Waals surface area contributed by atoms with E-state index < -0.39 is 0 Å². The van der Waals surface area contributed by atoms with E-state index in [1.165, 1.54) is 55.0 Å². The fraction of sp³-hybridized carbons (Fsp3) is 0.440. The molecule has 1 aliphatic rings. The number of aryl methyl sites for hydroxylation is 2. The molecule has 0 radical (unpaired) electrons. The molecule has 4 rings (SSSR count). The average Bonchev–Trinajstić information content (AvgIpc) is 3.24. The summed E-state index contributed by atoms with van der Waals surface area (Å²) in [6.07, 6.45) is 9.83. The van der Waals surface area contributed by atoms with E-state index in [0.717, 1.165) is 23.6 Å². The second kappa shape index (κ2) is 10.3. The van der Waals surface area contributed by atoms with E-state index in [9.17, 15) is 4.79 Å². The van der Waals surface area contributed by atoms with E-state index >= 15 is 0 Å². The topological polar surface area (TPSA) is 72.7 Å². The third-order valence-electron chi connectivity index (χ3n) is 6.26. The van der Waals surface area contributed by atoms with Gasteiger partial charge in [-0.3, -0.25) is 14.3 Å². The molecule has 1 N–H and O–H groups in total. The van der Waals surface area contributed by atoms with Gasteiger partial charge in [0.2, 0.25) is 5.91 Å². The van der Waals surface area contributed by atoms with Crippen LogP contribution in [0.5, 0.6) is 0 Å². The summed E-state index contributed by atoms with van der Waals surface area (Å²) in [5, 5.41) is 12.6. The molecule has 1 atom stereocenters. The van der Waals surface area contributed by atoms with Crippen LogP contribution >= 0.6 is 11.8 Å². The first-order chi connectivity index (χ1) is 15.5. The van der Waals surface area contributed by atoms with Crippen molar-refractivity contribution in [2.75, 3.05) is 6.54 Å². The van der Waals surface area contributed by atoms with Crippen molar-refractivity contribution in [2.45, 2.75) is 63.3 Å². The van der Waals surface area contributed by atoms with Gasteiger partial charge in [-0.2, -0.15) is 0 Å². The molecule has 1 aromatic carbocycles. The van der Waals surface area contributed by atoms with E-state index in [0.29, 0.717) is 11.1 Å². The molecule has 1 saturated carbocycles. The SMILES string of the molecule is Cc1ccc(-n2c(SC(C)C(=O)NCC3CCCCC3)nnc2-c2ccncc2)cc1C. The molecule has 1 aliphatic carbocycles. The molecule has 1 fully saturated rings. The standard InChI is InChI=1S/C25H31N5OS/c1-17-9-10-22(15-18(17)2)30-23(21-11-13-26-14-12-21)28-29-25(30)32-19(3)24(31)27-16-20-7-5-4-6-8-20/h9-15,19-20H,4-8,16H2,1-3H3,(H,27,31). The fourth-order valence-corrected chi connectivity index (χ4v) is 5.02. The van der Waals surface area contributed by atoms with Gasteiger partial charge in [0.25, 0.3) is 0 Å². The van der Waals surface area contributed by atoms with Crippen LogP contribution in [0.15, 0.2) is 47.9 Å². The molecule has 6 nitrogen and oxygen atoms in total. The van der Waals surface area contributed by atoms with E-state index in [2.05, 4.69) is 52.5 Å². The number of benzene rings is 1. The van der Waals surface area contributed by atoms with Gasteiger partial charge in [-0.15, -0.1) is 10.2 Å². The first kappa shape index (κ1) is 22.5. The minimum atomic E-state index is -0.265. The summed E-state index contributed by atoms with van der Waals surface area (Å²) < 4.78 is 2.04. The summed E-state index contributed by atoms with van der Waals surface area (Å²) in [6.45, 7) is 6.91. The number of hydrogen-bond acceptors (Lipinski definition) is 5. The normalized spacial score (nSPS) is 15.5. The molecule has 0 spiro atoms. The Balaban J connectivity index is 1.57. The quantitative estimate of drug-likeness (QED) is 0.507. The molecule has 168 valence electrons. The maximum Gasteiger partial charge on any atom is 0.233 e. The lowest BCUT2D eigenvalue weighted by molar-refractivity contribution is -0.120. The number of hydrogen-bond donors (Lipinski definition) is 1. The van der Waals surface area contributed by atoms with Crippen molar-refractivity contribution in [1.29, 1.82) is 0 Å². The van der Waals surface area contributed by atoms with Gasteiger partial charge in [0, 0.05) is 24.5 Å². The summed E-state index contributed by atoms with van der Waals surface area (Å²) in [5.41, 5.74) is 4.36. The van der Waals surface area contributed by atoms with E-state index in [-0.39, 0.29) is 11.2 Å². The third-order valence-corrected chi connectivity index (χ3v) is 7.30. The van der Waals surface area contributed by atoms with Crippen molar-refractivity contribution in [1.82, 2.24) is 25.1 Å². The highest BCUT2D eigenvalue weighted by atomic mass is 32.2. The monoisotopic (exact) mass is 449 g/mol. The number of carbonyl (C=O) groups is 1.